The topological polar surface area (TPSA) is 273 Å². The normalized spacial score (nSPS) is 14.7. The molecule has 0 radical (unpaired) electrons. The van der Waals surface area contributed by atoms with Crippen molar-refractivity contribution in [3.63, 3.8) is 0 Å². The number of carboxylic acid groups (broad SMARTS) is 2. The van der Waals surface area contributed by atoms with E-state index in [4.69, 9.17) is 26.3 Å². The quantitative estimate of drug-likeness (QED) is 0.0437. The number of benzene rings is 2. The highest BCUT2D eigenvalue weighted by Crippen LogP contribution is 2.37. The SMILES string of the molecule is C#CCN1C(=O)COc2cc(F)c(N=c3snc4n3CC(C)(C)C4)cc21.C/C(=N\NC(=O)Nc1cc(F)cc(F)c1)c1ncccc1C(=O)O.C[S+](C)C.O=C(O)CNCP(=O)([O-])O. The van der Waals surface area contributed by atoms with E-state index in [1.807, 2.05) is 9.88 Å². The number of anilines is 2. The average Bonchev–Trinajstić information content (AvgIpc) is 3.69. The number of nitrogens with one attached hydrogen (secondary N) is 3. The molecule has 2 aromatic heterocycles. The first kappa shape index (κ1) is 52.3. The number of carbonyl (C=O) groups is 4. The maximum atomic E-state index is 14.5. The Morgan fingerprint density at radius 1 is 1.12 bits per heavy atom. The van der Waals surface area contributed by atoms with E-state index in [1.54, 1.807) is 0 Å². The number of carboxylic acids is 2. The van der Waals surface area contributed by atoms with Crippen molar-refractivity contribution < 1.29 is 61.7 Å². The second-order valence-corrected chi connectivity index (χ2v) is 19.4. The number of aromatic carboxylic acids is 1. The second-order valence-electron chi connectivity index (χ2n) is 14.6. The first-order chi connectivity index (χ1) is 29.9. The van der Waals surface area contributed by atoms with Crippen molar-refractivity contribution in [3.8, 4) is 18.1 Å². The number of hydrazone groups is 1. The molecule has 4 heterocycles. The van der Waals surface area contributed by atoms with Crippen molar-refractivity contribution in [2.75, 3.05) is 55.0 Å². The summed E-state index contributed by atoms with van der Waals surface area (Å²) in [5, 5.41) is 25.0. The van der Waals surface area contributed by atoms with Crippen LogP contribution in [-0.2, 0) is 38.0 Å². The maximum Gasteiger partial charge on any atom is 0.339 e. The van der Waals surface area contributed by atoms with E-state index in [9.17, 15) is 41.8 Å². The number of pyridine rings is 1. The van der Waals surface area contributed by atoms with E-state index in [0.717, 1.165) is 30.9 Å². The third-order valence-electron chi connectivity index (χ3n) is 7.85. The number of carbonyl (C=O) groups excluding carboxylic acids is 2. The van der Waals surface area contributed by atoms with Gasteiger partial charge in [0.2, 0.25) is 4.80 Å². The predicted octanol–water partition coefficient (Wildman–Crippen LogP) is 3.52. The molecule has 19 nitrogen and oxygen atoms in total. The van der Waals surface area contributed by atoms with Gasteiger partial charge in [-0.15, -0.1) is 6.42 Å². The molecule has 1 unspecified atom stereocenters. The zero-order valence-corrected chi connectivity index (χ0v) is 37.7. The predicted molar refractivity (Wildman–Crippen MR) is 233 cm³/mol. The molecule has 0 saturated carbocycles. The Hall–Kier alpha value is -6.09. The molecule has 0 saturated heterocycles. The van der Waals surface area contributed by atoms with Gasteiger partial charge in [-0.05, 0) is 53.6 Å². The van der Waals surface area contributed by atoms with Crippen LogP contribution in [0, 0.1) is 35.2 Å². The molecule has 0 fully saturated rings. The monoisotopic (exact) mass is 951 g/mol. The molecule has 0 bridgehead atoms. The third kappa shape index (κ3) is 16.9. The van der Waals surface area contributed by atoms with Gasteiger partial charge in [-0.25, -0.2) is 33.2 Å². The Kier molecular flexibility index (Phi) is 19.2. The van der Waals surface area contributed by atoms with Gasteiger partial charge in [-0.3, -0.25) is 24.8 Å². The van der Waals surface area contributed by atoms with Gasteiger partial charge in [0.05, 0.1) is 55.1 Å². The molecule has 2 aliphatic heterocycles. The minimum atomic E-state index is -4.35. The van der Waals surface area contributed by atoms with Crippen LogP contribution >= 0.6 is 19.1 Å². The summed E-state index contributed by atoms with van der Waals surface area (Å²) >= 11 is 1.24. The number of rotatable bonds is 10. The number of nitrogens with zero attached hydrogens (tertiary/aromatic N) is 6. The minimum absolute atomic E-state index is 0.0758. The molecule has 6 N–H and O–H groups in total. The lowest BCUT2D eigenvalue weighted by Gasteiger charge is -2.28. The van der Waals surface area contributed by atoms with E-state index in [0.29, 0.717) is 33.2 Å². The zero-order chi connectivity index (χ0) is 47.9. The van der Waals surface area contributed by atoms with E-state index < -0.39 is 55.8 Å². The summed E-state index contributed by atoms with van der Waals surface area (Å²) in [5.74, 6) is -1.12. The summed E-state index contributed by atoms with van der Waals surface area (Å²) in [4.78, 5) is 73.0. The first-order valence-electron chi connectivity index (χ1n) is 18.4. The van der Waals surface area contributed by atoms with Gasteiger partial charge in [0.15, 0.2) is 12.4 Å². The van der Waals surface area contributed by atoms with Crippen LogP contribution < -0.4 is 35.4 Å². The molecule has 25 heteroatoms. The number of hydrogen-bond donors (Lipinski definition) is 6. The van der Waals surface area contributed by atoms with Crippen LogP contribution in [0.3, 0.4) is 0 Å². The van der Waals surface area contributed by atoms with Crippen molar-refractivity contribution in [2.45, 2.75) is 33.7 Å². The summed E-state index contributed by atoms with van der Waals surface area (Å²) < 4.78 is 62.3. The Morgan fingerprint density at radius 2 is 1.78 bits per heavy atom. The molecular weight excluding hydrogens is 907 g/mol. The van der Waals surface area contributed by atoms with E-state index in [1.165, 1.54) is 53.8 Å². The molecule has 2 aliphatic rings. The third-order valence-corrected chi connectivity index (χ3v) is 9.25. The molecule has 344 valence electrons. The van der Waals surface area contributed by atoms with Crippen LogP contribution in [0.25, 0.3) is 0 Å². The van der Waals surface area contributed by atoms with Gasteiger partial charge >= 0.3 is 18.0 Å². The van der Waals surface area contributed by atoms with Crippen molar-refractivity contribution in [1.82, 2.24) is 24.7 Å². The van der Waals surface area contributed by atoms with Gasteiger partial charge in [-0.2, -0.15) is 9.47 Å². The van der Waals surface area contributed by atoms with Crippen LogP contribution in [0.5, 0.6) is 5.75 Å². The van der Waals surface area contributed by atoms with Gasteiger partial charge in [0.25, 0.3) is 5.91 Å². The van der Waals surface area contributed by atoms with Gasteiger partial charge < -0.3 is 39.2 Å². The lowest BCUT2D eigenvalue weighted by atomic mass is 9.92. The number of fused-ring (bicyclic) bond motifs is 2. The fourth-order valence-corrected chi connectivity index (χ4v) is 6.54. The number of ether oxygens (including phenoxy) is 1. The number of aliphatic carboxylic acids is 1. The highest BCUT2D eigenvalue weighted by atomic mass is 32.2. The Morgan fingerprint density at radius 3 is 2.38 bits per heavy atom. The Bertz CT molecular complexity index is 2520. The fourth-order valence-electron chi connectivity index (χ4n) is 5.39. The molecule has 6 rings (SSSR count). The van der Waals surface area contributed by atoms with Crippen molar-refractivity contribution in [2.24, 2.45) is 15.5 Å². The van der Waals surface area contributed by atoms with Gasteiger partial charge in [0.1, 0.15) is 42.2 Å². The fraction of sp³-hybridized carbons (Fsp3) is 0.333. The van der Waals surface area contributed by atoms with Crippen molar-refractivity contribution in [1.29, 1.82) is 0 Å². The highest BCUT2D eigenvalue weighted by Gasteiger charge is 2.31. The zero-order valence-electron chi connectivity index (χ0n) is 35.2. The summed E-state index contributed by atoms with van der Waals surface area (Å²) in [5.41, 5.74) is 2.83. The molecule has 3 amide bonds. The summed E-state index contributed by atoms with van der Waals surface area (Å²) in [6.45, 7) is 6.03. The smallest absolute Gasteiger partial charge is 0.339 e. The Balaban J connectivity index is 0.000000265. The first-order valence-corrected chi connectivity index (χ1v) is 23.4. The number of amides is 3. The molecule has 0 spiro atoms. The van der Waals surface area contributed by atoms with E-state index >= 15 is 0 Å². The van der Waals surface area contributed by atoms with Crippen molar-refractivity contribution in [3.05, 3.63) is 88.0 Å². The Labute approximate surface area is 372 Å². The number of terminal acetylenes is 1. The second kappa shape index (κ2) is 23.6. The lowest BCUT2D eigenvalue weighted by molar-refractivity contribution is -0.193. The molecule has 1 atom stereocenters. The van der Waals surface area contributed by atoms with Crippen LogP contribution in [0.15, 0.2) is 58.8 Å². The highest BCUT2D eigenvalue weighted by molar-refractivity contribution is 7.94. The molecule has 2 aromatic carbocycles. The average molecular weight is 952 g/mol. The minimum Gasteiger partial charge on any atom is -0.778 e. The lowest BCUT2D eigenvalue weighted by Crippen LogP contribution is -2.39. The number of hydrogen-bond acceptors (Lipinski definition) is 13. The van der Waals surface area contributed by atoms with E-state index in [-0.39, 0.29) is 52.8 Å². The molecule has 0 aliphatic carbocycles. The summed E-state index contributed by atoms with van der Waals surface area (Å²) in [7, 11) is -3.71. The maximum absolute atomic E-state index is 14.5. The number of aromatic nitrogens is 3. The van der Waals surface area contributed by atoms with Crippen LogP contribution in [0.2, 0.25) is 0 Å². The summed E-state index contributed by atoms with van der Waals surface area (Å²) in [6, 6.07) is 7.23. The standard InChI is InChI=1S/C18H17FN4O2S.C15H12F2N4O3.C3H8NO5P.C3H9S/c1-4-5-22-13-7-12(11(19)6-14(13)25-9-16(22)24)20-17-23-10-18(2,3)8-15(23)21-26-17;1-8(13-12(14(22)23)3-2-4-18-13)20-21-15(24)19-11-6-9(16)5-10(17)7-11;5-3(6)1-4-2-10(7,8)9;1-4(2)3/h1,6-7H,5,8-10H2,2-3H3;2-7H,1H3,(H,22,23)(H2,19,21,24);4H,1-2H2,(H,5,6)(H2,7,8,9);1-3H3/q;;;+1/p-1/b;20-8+;;. The van der Waals surface area contributed by atoms with Gasteiger partial charge in [-0.1, -0.05) is 19.8 Å². The number of urea groups is 1. The summed E-state index contributed by atoms with van der Waals surface area (Å²) in [6.07, 6.45) is 13.5. The molecule has 4 aromatic rings. The van der Waals surface area contributed by atoms with Crippen molar-refractivity contribution >= 4 is 76.7 Å². The van der Waals surface area contributed by atoms with Gasteiger partial charge in [0, 0.05) is 48.5 Å². The number of halogens is 3. The van der Waals surface area contributed by atoms with Crippen LogP contribution in [0.1, 0.15) is 42.6 Å². The van der Waals surface area contributed by atoms with Crippen LogP contribution in [-0.4, -0.2) is 103 Å². The largest absolute Gasteiger partial charge is 0.778 e. The molecular formula is C39H45F3N9O10PS2. The molecule has 64 heavy (non-hydrogen) atoms. The van der Waals surface area contributed by atoms with Crippen LogP contribution in [0.4, 0.5) is 35.0 Å². The van der Waals surface area contributed by atoms with E-state index in [2.05, 4.69) is 68.7 Å².